The van der Waals surface area contributed by atoms with Gasteiger partial charge in [-0.2, -0.15) is 0 Å². The Balaban J connectivity index is 2.04. The van der Waals surface area contributed by atoms with Crippen LogP contribution in [0.5, 0.6) is 0 Å². The van der Waals surface area contributed by atoms with Crippen molar-refractivity contribution in [2.45, 2.75) is 19.8 Å². The molecule has 0 spiro atoms. The summed E-state index contributed by atoms with van der Waals surface area (Å²) in [6.07, 6.45) is 0.823. The SMILES string of the molecule is Cc1nc2ccc(C(=O)C3(C(=O)O)CC3)cc2o1. The molecule has 0 radical (unpaired) electrons. The lowest BCUT2D eigenvalue weighted by atomic mass is 9.95. The predicted molar refractivity (Wildman–Crippen MR) is 62.4 cm³/mol. The van der Waals surface area contributed by atoms with Crippen LogP contribution in [0.2, 0.25) is 0 Å². The number of carboxylic acids is 1. The molecule has 5 nitrogen and oxygen atoms in total. The van der Waals surface area contributed by atoms with Crippen LogP contribution in [0.1, 0.15) is 29.1 Å². The molecule has 0 saturated heterocycles. The minimum absolute atomic E-state index is 0.342. The zero-order valence-electron chi connectivity index (χ0n) is 9.77. The van der Waals surface area contributed by atoms with Gasteiger partial charge < -0.3 is 9.52 Å². The molecule has 1 heterocycles. The van der Waals surface area contributed by atoms with Crippen molar-refractivity contribution in [1.29, 1.82) is 0 Å². The Bertz CT molecular complexity index is 667. The Morgan fingerprint density at radius 2 is 2.11 bits per heavy atom. The van der Waals surface area contributed by atoms with Crippen molar-refractivity contribution in [3.05, 3.63) is 29.7 Å². The Labute approximate surface area is 102 Å². The highest BCUT2D eigenvalue weighted by Crippen LogP contribution is 2.48. The third-order valence-corrected chi connectivity index (χ3v) is 3.35. The Kier molecular flexibility index (Phi) is 2.08. The normalized spacial score (nSPS) is 16.7. The number of aryl methyl sites for hydroxylation is 1. The third kappa shape index (κ3) is 1.44. The molecule has 0 unspecified atom stereocenters. The number of ketones is 1. The van der Waals surface area contributed by atoms with Gasteiger partial charge in [-0.25, -0.2) is 4.98 Å². The Morgan fingerprint density at radius 3 is 2.72 bits per heavy atom. The first-order valence-electron chi connectivity index (χ1n) is 5.68. The van der Waals surface area contributed by atoms with Crippen molar-refractivity contribution in [2.75, 3.05) is 0 Å². The summed E-state index contributed by atoms with van der Waals surface area (Å²) < 4.78 is 5.34. The molecule has 3 rings (SSSR count). The van der Waals surface area contributed by atoms with Crippen LogP contribution in [-0.4, -0.2) is 21.8 Å². The van der Waals surface area contributed by atoms with Crippen molar-refractivity contribution in [3.63, 3.8) is 0 Å². The van der Waals surface area contributed by atoms with E-state index < -0.39 is 11.4 Å². The fourth-order valence-electron chi connectivity index (χ4n) is 2.12. The topological polar surface area (TPSA) is 80.4 Å². The summed E-state index contributed by atoms with van der Waals surface area (Å²) in [6, 6.07) is 4.85. The number of hydrogen-bond acceptors (Lipinski definition) is 4. The minimum atomic E-state index is -1.21. The second-order valence-electron chi connectivity index (χ2n) is 4.63. The molecule has 18 heavy (non-hydrogen) atoms. The number of Topliss-reactive ketones (excluding diaryl/α,β-unsaturated/α-hetero) is 1. The van der Waals surface area contributed by atoms with E-state index in [4.69, 9.17) is 9.52 Å². The van der Waals surface area contributed by atoms with Crippen LogP contribution in [0.25, 0.3) is 11.1 Å². The Morgan fingerprint density at radius 1 is 1.39 bits per heavy atom. The number of carbonyl (C=O) groups excluding carboxylic acids is 1. The molecule has 92 valence electrons. The van der Waals surface area contributed by atoms with Crippen molar-refractivity contribution >= 4 is 22.9 Å². The molecule has 1 aromatic heterocycles. The molecule has 1 N–H and O–H groups in total. The summed E-state index contributed by atoms with van der Waals surface area (Å²) in [7, 11) is 0. The van der Waals surface area contributed by atoms with Crippen LogP contribution in [-0.2, 0) is 4.79 Å². The van der Waals surface area contributed by atoms with E-state index in [0.29, 0.717) is 35.4 Å². The number of aromatic nitrogens is 1. The average Bonchev–Trinajstić information content (AvgIpc) is 3.05. The lowest BCUT2D eigenvalue weighted by Crippen LogP contribution is -2.25. The second-order valence-corrected chi connectivity index (χ2v) is 4.63. The fraction of sp³-hybridized carbons (Fsp3) is 0.308. The van der Waals surface area contributed by atoms with Crippen LogP contribution < -0.4 is 0 Å². The lowest BCUT2D eigenvalue weighted by molar-refractivity contribution is -0.141. The molecular weight excluding hydrogens is 234 g/mol. The zero-order chi connectivity index (χ0) is 12.9. The number of rotatable bonds is 3. The summed E-state index contributed by atoms with van der Waals surface area (Å²) in [5, 5.41) is 9.10. The molecule has 1 aliphatic carbocycles. The molecule has 0 atom stereocenters. The van der Waals surface area contributed by atoms with E-state index in [2.05, 4.69) is 4.98 Å². The predicted octanol–water partition coefficient (Wildman–Crippen LogP) is 2.18. The fourth-order valence-corrected chi connectivity index (χ4v) is 2.12. The van der Waals surface area contributed by atoms with Gasteiger partial charge >= 0.3 is 5.97 Å². The zero-order valence-corrected chi connectivity index (χ0v) is 9.77. The number of fused-ring (bicyclic) bond motifs is 1. The number of carboxylic acid groups (broad SMARTS) is 1. The average molecular weight is 245 g/mol. The van der Waals surface area contributed by atoms with Crippen molar-refractivity contribution in [1.82, 2.24) is 4.98 Å². The van der Waals surface area contributed by atoms with E-state index >= 15 is 0 Å². The quantitative estimate of drug-likeness (QED) is 0.662. The molecule has 0 amide bonds. The molecule has 1 saturated carbocycles. The number of nitrogens with zero attached hydrogens (tertiary/aromatic N) is 1. The molecular formula is C13H11NO4. The van der Waals surface area contributed by atoms with Gasteiger partial charge in [-0.1, -0.05) is 0 Å². The first-order valence-corrected chi connectivity index (χ1v) is 5.68. The van der Waals surface area contributed by atoms with Gasteiger partial charge in [0.15, 0.2) is 17.3 Å². The molecule has 1 fully saturated rings. The highest BCUT2D eigenvalue weighted by atomic mass is 16.4. The van der Waals surface area contributed by atoms with E-state index in [9.17, 15) is 9.59 Å². The van der Waals surface area contributed by atoms with Gasteiger partial charge in [0, 0.05) is 12.5 Å². The van der Waals surface area contributed by atoms with Crippen LogP contribution >= 0.6 is 0 Å². The summed E-state index contributed by atoms with van der Waals surface area (Å²) in [4.78, 5) is 27.4. The van der Waals surface area contributed by atoms with E-state index in [0.717, 1.165) is 0 Å². The monoisotopic (exact) mass is 245 g/mol. The van der Waals surface area contributed by atoms with Crippen molar-refractivity contribution in [3.8, 4) is 0 Å². The second kappa shape index (κ2) is 3.41. The number of oxazole rings is 1. The maximum absolute atomic E-state index is 12.2. The van der Waals surface area contributed by atoms with Gasteiger partial charge in [0.2, 0.25) is 0 Å². The third-order valence-electron chi connectivity index (χ3n) is 3.35. The van der Waals surface area contributed by atoms with E-state index in [-0.39, 0.29) is 5.78 Å². The molecule has 0 bridgehead atoms. The van der Waals surface area contributed by atoms with Gasteiger partial charge in [-0.05, 0) is 31.0 Å². The van der Waals surface area contributed by atoms with Crippen LogP contribution in [0.15, 0.2) is 22.6 Å². The van der Waals surface area contributed by atoms with E-state index in [1.807, 2.05) is 0 Å². The van der Waals surface area contributed by atoms with Gasteiger partial charge in [-0.3, -0.25) is 9.59 Å². The van der Waals surface area contributed by atoms with Gasteiger partial charge in [0.05, 0.1) is 0 Å². The van der Waals surface area contributed by atoms with Gasteiger partial charge in [0.25, 0.3) is 0 Å². The number of carbonyl (C=O) groups is 2. The maximum Gasteiger partial charge on any atom is 0.317 e. The maximum atomic E-state index is 12.2. The van der Waals surface area contributed by atoms with Gasteiger partial charge in [0.1, 0.15) is 10.9 Å². The summed E-state index contributed by atoms with van der Waals surface area (Å²) in [5.74, 6) is -0.860. The number of benzene rings is 1. The lowest BCUT2D eigenvalue weighted by Gasteiger charge is -2.07. The summed E-state index contributed by atoms with van der Waals surface area (Å²) in [6.45, 7) is 1.72. The minimum Gasteiger partial charge on any atom is -0.480 e. The first kappa shape index (κ1) is 11.0. The first-order chi connectivity index (χ1) is 8.53. The smallest absolute Gasteiger partial charge is 0.317 e. The summed E-state index contributed by atoms with van der Waals surface area (Å²) >= 11 is 0. The number of hydrogen-bond donors (Lipinski definition) is 1. The molecule has 0 aliphatic heterocycles. The highest BCUT2D eigenvalue weighted by molar-refractivity contribution is 6.15. The van der Waals surface area contributed by atoms with Gasteiger partial charge in [-0.15, -0.1) is 0 Å². The Hall–Kier alpha value is -2.17. The van der Waals surface area contributed by atoms with E-state index in [1.54, 1.807) is 25.1 Å². The molecule has 1 aliphatic rings. The van der Waals surface area contributed by atoms with E-state index in [1.165, 1.54) is 0 Å². The standard InChI is InChI=1S/C13H11NO4/c1-7-14-9-3-2-8(6-10(9)18-7)11(15)13(4-5-13)12(16)17/h2-3,6H,4-5H2,1H3,(H,16,17). The number of aliphatic carboxylic acids is 1. The molecule has 5 heteroatoms. The largest absolute Gasteiger partial charge is 0.480 e. The van der Waals surface area contributed by atoms with Crippen molar-refractivity contribution < 1.29 is 19.1 Å². The van der Waals surface area contributed by atoms with Crippen LogP contribution in [0.4, 0.5) is 0 Å². The van der Waals surface area contributed by atoms with Crippen LogP contribution in [0, 0.1) is 12.3 Å². The molecule has 2 aromatic rings. The van der Waals surface area contributed by atoms with Crippen LogP contribution in [0.3, 0.4) is 0 Å². The molecule has 1 aromatic carbocycles. The van der Waals surface area contributed by atoms with Crippen molar-refractivity contribution in [2.24, 2.45) is 5.41 Å². The highest BCUT2D eigenvalue weighted by Gasteiger charge is 2.56. The summed E-state index contributed by atoms with van der Waals surface area (Å²) in [5.41, 5.74) is 0.352.